The van der Waals surface area contributed by atoms with Crippen LogP contribution in [-0.2, 0) is 19.6 Å². The number of hydrogen-bond donors (Lipinski definition) is 1. The number of nitrogens with zero attached hydrogens (tertiary/aromatic N) is 1. The number of amides is 1. The molecule has 0 saturated carbocycles. The summed E-state index contributed by atoms with van der Waals surface area (Å²) in [4.78, 5) is 23.7. The number of carbonyl (C=O) groups is 2. The molecule has 1 rings (SSSR count). The van der Waals surface area contributed by atoms with Crippen LogP contribution >= 0.6 is 11.6 Å². The number of nitrogens with one attached hydrogen (secondary N) is 1. The minimum absolute atomic E-state index is 0.00581. The number of likely N-dealkylation sites (N-methyl/N-ethyl adjacent to an activating group) is 1. The second kappa shape index (κ2) is 9.17. The molecule has 1 aromatic rings. The molecule has 140 valence electrons. The highest BCUT2D eigenvalue weighted by atomic mass is 35.5. The maximum Gasteiger partial charge on any atom is 0.338 e. The third-order valence-electron chi connectivity index (χ3n) is 3.49. The molecular formula is C16H23ClN2O5S. The van der Waals surface area contributed by atoms with Crippen molar-refractivity contribution in [3.8, 4) is 0 Å². The van der Waals surface area contributed by atoms with E-state index in [9.17, 15) is 18.0 Å². The van der Waals surface area contributed by atoms with Crippen LogP contribution in [0.1, 0.15) is 38.1 Å². The maximum absolute atomic E-state index is 12.6. The van der Waals surface area contributed by atoms with E-state index >= 15 is 0 Å². The first-order valence-electron chi connectivity index (χ1n) is 7.97. The van der Waals surface area contributed by atoms with Gasteiger partial charge in [-0.3, -0.25) is 4.79 Å². The highest BCUT2D eigenvalue weighted by Gasteiger charge is 2.26. The van der Waals surface area contributed by atoms with Crippen molar-refractivity contribution >= 4 is 33.5 Å². The van der Waals surface area contributed by atoms with Crippen molar-refractivity contribution in [2.24, 2.45) is 0 Å². The Labute approximate surface area is 153 Å². The summed E-state index contributed by atoms with van der Waals surface area (Å²) in [5.74, 6) is -1.23. The van der Waals surface area contributed by atoms with E-state index in [2.05, 4.69) is 5.32 Å². The van der Waals surface area contributed by atoms with Crippen LogP contribution in [0.2, 0.25) is 5.02 Å². The number of hydrogen-bond acceptors (Lipinski definition) is 5. The Balaban J connectivity index is 3.13. The van der Waals surface area contributed by atoms with Crippen LogP contribution in [0.3, 0.4) is 0 Å². The first kappa shape index (κ1) is 21.4. The number of ether oxygens (including phenoxy) is 1. The summed E-state index contributed by atoms with van der Waals surface area (Å²) in [7, 11) is -3.83. The molecule has 0 aliphatic rings. The fourth-order valence-corrected chi connectivity index (χ4v) is 4.09. The Morgan fingerprint density at radius 2 is 1.84 bits per heavy atom. The average molecular weight is 391 g/mol. The lowest BCUT2D eigenvalue weighted by Crippen LogP contribution is -2.35. The molecule has 0 fully saturated rings. The molecular weight excluding hydrogens is 368 g/mol. The lowest BCUT2D eigenvalue weighted by Gasteiger charge is -2.19. The van der Waals surface area contributed by atoms with Gasteiger partial charge in [-0.15, -0.1) is 0 Å². The van der Waals surface area contributed by atoms with Crippen LogP contribution in [0, 0.1) is 0 Å². The van der Waals surface area contributed by atoms with Gasteiger partial charge in [0.05, 0.1) is 10.6 Å². The van der Waals surface area contributed by atoms with Gasteiger partial charge in [0, 0.05) is 19.6 Å². The van der Waals surface area contributed by atoms with Crippen LogP contribution in [0.5, 0.6) is 0 Å². The Bertz CT molecular complexity index is 732. The molecule has 1 atom stereocenters. The predicted octanol–water partition coefficient (Wildman–Crippen LogP) is 2.05. The van der Waals surface area contributed by atoms with E-state index in [1.54, 1.807) is 20.8 Å². The van der Waals surface area contributed by atoms with Crippen molar-refractivity contribution in [3.63, 3.8) is 0 Å². The van der Waals surface area contributed by atoms with E-state index in [1.807, 2.05) is 0 Å². The summed E-state index contributed by atoms with van der Waals surface area (Å²) in [5.41, 5.74) is 0.00581. The molecule has 0 aliphatic heterocycles. The normalized spacial score (nSPS) is 12.7. The Hall–Kier alpha value is -1.64. The summed E-state index contributed by atoms with van der Waals surface area (Å²) in [6.45, 7) is 7.56. The monoisotopic (exact) mass is 390 g/mol. The fraction of sp³-hybridized carbons (Fsp3) is 0.500. The highest BCUT2D eigenvalue weighted by Crippen LogP contribution is 2.26. The smallest absolute Gasteiger partial charge is 0.338 e. The number of sulfonamides is 1. The summed E-state index contributed by atoms with van der Waals surface area (Å²) >= 11 is 6.02. The van der Waals surface area contributed by atoms with Crippen molar-refractivity contribution in [3.05, 3.63) is 28.8 Å². The zero-order valence-electron chi connectivity index (χ0n) is 14.7. The molecule has 0 spiro atoms. The lowest BCUT2D eigenvalue weighted by atomic mass is 10.2. The van der Waals surface area contributed by atoms with Crippen molar-refractivity contribution in [2.45, 2.75) is 38.7 Å². The Kier molecular flexibility index (Phi) is 7.85. The van der Waals surface area contributed by atoms with Crippen LogP contribution in [0.4, 0.5) is 0 Å². The number of benzene rings is 1. The molecule has 1 amide bonds. The predicted molar refractivity (Wildman–Crippen MR) is 95.1 cm³/mol. The Morgan fingerprint density at radius 3 is 2.36 bits per heavy atom. The largest absolute Gasteiger partial charge is 0.449 e. The molecule has 25 heavy (non-hydrogen) atoms. The summed E-state index contributed by atoms with van der Waals surface area (Å²) in [6.07, 6.45) is -0.994. The highest BCUT2D eigenvalue weighted by molar-refractivity contribution is 7.89. The number of halogens is 1. The molecule has 0 radical (unpaired) electrons. The summed E-state index contributed by atoms with van der Waals surface area (Å²) in [5, 5.41) is 2.55. The summed E-state index contributed by atoms with van der Waals surface area (Å²) in [6, 6.07) is 3.85. The lowest BCUT2D eigenvalue weighted by molar-refractivity contribution is -0.128. The molecule has 0 unspecified atom stereocenters. The second-order valence-electron chi connectivity index (χ2n) is 5.18. The Morgan fingerprint density at radius 1 is 1.24 bits per heavy atom. The van der Waals surface area contributed by atoms with E-state index in [1.165, 1.54) is 29.4 Å². The molecule has 0 aliphatic carbocycles. The third-order valence-corrected chi connectivity index (χ3v) is 6.03. The molecule has 9 heteroatoms. The van der Waals surface area contributed by atoms with Gasteiger partial charge in [-0.05, 0) is 32.0 Å². The molecule has 0 saturated heterocycles. The van der Waals surface area contributed by atoms with Crippen LogP contribution in [-0.4, -0.2) is 50.3 Å². The van der Waals surface area contributed by atoms with Crippen molar-refractivity contribution < 1.29 is 22.7 Å². The van der Waals surface area contributed by atoms with E-state index < -0.39 is 28.0 Å². The molecule has 0 aromatic heterocycles. The van der Waals surface area contributed by atoms with Gasteiger partial charge in [-0.2, -0.15) is 4.31 Å². The van der Waals surface area contributed by atoms with Gasteiger partial charge in [0.25, 0.3) is 5.91 Å². The zero-order valence-corrected chi connectivity index (χ0v) is 16.3. The number of rotatable bonds is 8. The van der Waals surface area contributed by atoms with Crippen molar-refractivity contribution in [1.29, 1.82) is 0 Å². The second-order valence-corrected chi connectivity index (χ2v) is 7.49. The minimum atomic E-state index is -3.83. The standard InChI is InChI=1S/C16H23ClN2O5S/c1-5-18-15(20)11(4)24-16(21)12-8-9-13(17)14(10-12)25(22,23)19(6-2)7-3/h8-11H,5-7H2,1-4H3,(H,18,20)/t11-/m0/s1. The van der Waals surface area contributed by atoms with Crippen LogP contribution < -0.4 is 5.32 Å². The SMILES string of the molecule is CCNC(=O)[C@H](C)OC(=O)c1ccc(Cl)c(S(=O)(=O)N(CC)CC)c1. The van der Waals surface area contributed by atoms with Crippen LogP contribution in [0.15, 0.2) is 23.1 Å². The van der Waals surface area contributed by atoms with E-state index in [0.29, 0.717) is 6.54 Å². The molecule has 1 N–H and O–H groups in total. The third kappa shape index (κ3) is 5.17. The maximum atomic E-state index is 12.6. The molecule has 1 aromatic carbocycles. The number of carbonyl (C=O) groups excluding carboxylic acids is 2. The van der Waals surface area contributed by atoms with Gasteiger partial charge in [-0.25, -0.2) is 13.2 Å². The van der Waals surface area contributed by atoms with Gasteiger partial charge >= 0.3 is 5.97 Å². The van der Waals surface area contributed by atoms with Crippen molar-refractivity contribution in [1.82, 2.24) is 9.62 Å². The quantitative estimate of drug-likeness (QED) is 0.686. The van der Waals surface area contributed by atoms with Gasteiger partial charge in [0.2, 0.25) is 10.0 Å². The zero-order chi connectivity index (χ0) is 19.2. The number of esters is 1. The summed E-state index contributed by atoms with van der Waals surface area (Å²) < 4.78 is 31.6. The van der Waals surface area contributed by atoms with E-state index in [4.69, 9.17) is 16.3 Å². The van der Waals surface area contributed by atoms with Gasteiger partial charge in [0.1, 0.15) is 4.90 Å². The van der Waals surface area contributed by atoms with E-state index in [0.717, 1.165) is 0 Å². The van der Waals surface area contributed by atoms with Gasteiger partial charge in [-0.1, -0.05) is 25.4 Å². The molecule has 0 bridgehead atoms. The minimum Gasteiger partial charge on any atom is -0.449 e. The first-order chi connectivity index (χ1) is 11.7. The topological polar surface area (TPSA) is 92.8 Å². The van der Waals surface area contributed by atoms with Gasteiger partial charge < -0.3 is 10.1 Å². The van der Waals surface area contributed by atoms with E-state index in [-0.39, 0.29) is 28.6 Å². The van der Waals surface area contributed by atoms with Gasteiger partial charge in [0.15, 0.2) is 6.10 Å². The first-order valence-corrected chi connectivity index (χ1v) is 9.79. The molecule has 7 nitrogen and oxygen atoms in total. The average Bonchev–Trinajstić information content (AvgIpc) is 2.55. The van der Waals surface area contributed by atoms with Crippen molar-refractivity contribution in [2.75, 3.05) is 19.6 Å². The van der Waals surface area contributed by atoms with Crippen LogP contribution in [0.25, 0.3) is 0 Å². The molecule has 0 heterocycles. The fourth-order valence-electron chi connectivity index (χ4n) is 2.13.